The van der Waals surface area contributed by atoms with Gasteiger partial charge < -0.3 is 4.74 Å². The van der Waals surface area contributed by atoms with Crippen LogP contribution in [0.4, 0.5) is 13.2 Å². The minimum atomic E-state index is -4.51. The van der Waals surface area contributed by atoms with E-state index in [1.807, 2.05) is 0 Å². The summed E-state index contributed by atoms with van der Waals surface area (Å²) in [6.07, 6.45) is -4.75. The lowest BCUT2D eigenvalue weighted by Crippen LogP contribution is -2.13. The van der Waals surface area contributed by atoms with Crippen LogP contribution in [0.3, 0.4) is 0 Å². The summed E-state index contributed by atoms with van der Waals surface area (Å²) in [6.45, 7) is 2.80. The van der Waals surface area contributed by atoms with Gasteiger partial charge >= 0.3 is 12.1 Å². The first-order chi connectivity index (χ1) is 8.74. The summed E-state index contributed by atoms with van der Waals surface area (Å²) in [6, 6.07) is 3.32. The zero-order valence-electron chi connectivity index (χ0n) is 10.5. The molecule has 6 heteroatoms. The molecule has 0 amide bonds. The number of Topliss-reactive ketones (excluding diaryl/α,β-unsaturated/α-hetero) is 1. The smallest absolute Gasteiger partial charge is 0.416 e. The van der Waals surface area contributed by atoms with Gasteiger partial charge in [0.1, 0.15) is 18.0 Å². The summed E-state index contributed by atoms with van der Waals surface area (Å²) in [7, 11) is 0. The average Bonchev–Trinajstić information content (AvgIpc) is 2.26. The third kappa shape index (κ3) is 4.39. The van der Waals surface area contributed by atoms with Gasteiger partial charge in [-0.25, -0.2) is 0 Å². The molecule has 0 bridgehead atoms. The van der Waals surface area contributed by atoms with Crippen molar-refractivity contribution in [2.24, 2.45) is 0 Å². The second-order valence-electron chi connectivity index (χ2n) is 4.02. The molecule has 0 N–H and O–H groups in total. The number of esters is 1. The summed E-state index contributed by atoms with van der Waals surface area (Å²) in [5.74, 6) is -1.49. The molecule has 0 heterocycles. The number of hydrogen-bond acceptors (Lipinski definition) is 3. The fraction of sp³-hybridized carbons (Fsp3) is 0.385. The Hall–Kier alpha value is -1.85. The van der Waals surface area contributed by atoms with Gasteiger partial charge in [0.05, 0.1) is 5.56 Å². The van der Waals surface area contributed by atoms with E-state index >= 15 is 0 Å². The molecule has 0 spiro atoms. The molecule has 3 nitrogen and oxygen atoms in total. The molecule has 19 heavy (non-hydrogen) atoms. The lowest BCUT2D eigenvalue weighted by atomic mass is 10.0. The van der Waals surface area contributed by atoms with E-state index in [-0.39, 0.29) is 17.7 Å². The highest BCUT2D eigenvalue weighted by Gasteiger charge is 2.33. The standard InChI is InChI=1S/C13H13F3O3/c1-3-9-4-5-10(7-11(9)13(14,15)16)19-12(18)6-8(2)17/h4-5,7H,3,6H2,1-2H3. The van der Waals surface area contributed by atoms with Crippen LogP contribution in [-0.4, -0.2) is 11.8 Å². The van der Waals surface area contributed by atoms with Crippen molar-refractivity contribution in [2.45, 2.75) is 32.9 Å². The molecule has 104 valence electrons. The van der Waals surface area contributed by atoms with Crippen molar-refractivity contribution in [2.75, 3.05) is 0 Å². The van der Waals surface area contributed by atoms with Crippen LogP contribution in [0.25, 0.3) is 0 Å². The number of ketones is 1. The van der Waals surface area contributed by atoms with Crippen molar-refractivity contribution >= 4 is 11.8 Å². The van der Waals surface area contributed by atoms with E-state index in [0.717, 1.165) is 6.07 Å². The zero-order chi connectivity index (χ0) is 14.6. The van der Waals surface area contributed by atoms with Gasteiger partial charge in [-0.05, 0) is 31.0 Å². The van der Waals surface area contributed by atoms with Gasteiger partial charge in [0.15, 0.2) is 0 Å². The van der Waals surface area contributed by atoms with E-state index in [4.69, 9.17) is 4.74 Å². The maximum Gasteiger partial charge on any atom is 0.416 e. The molecule has 0 aliphatic rings. The molecule has 0 radical (unpaired) electrons. The van der Waals surface area contributed by atoms with Gasteiger partial charge in [0.2, 0.25) is 0 Å². The van der Waals surface area contributed by atoms with Crippen molar-refractivity contribution in [3.63, 3.8) is 0 Å². The Kier molecular flexibility index (Phi) is 4.69. The minimum absolute atomic E-state index is 0.124. The van der Waals surface area contributed by atoms with Crippen LogP contribution in [0.5, 0.6) is 5.75 Å². The van der Waals surface area contributed by atoms with Gasteiger partial charge in [0.25, 0.3) is 0 Å². The van der Waals surface area contributed by atoms with Crippen molar-refractivity contribution in [1.82, 2.24) is 0 Å². The Morgan fingerprint density at radius 2 is 1.89 bits per heavy atom. The van der Waals surface area contributed by atoms with E-state index in [1.54, 1.807) is 6.92 Å². The lowest BCUT2D eigenvalue weighted by Gasteiger charge is -2.13. The van der Waals surface area contributed by atoms with Crippen molar-refractivity contribution in [3.8, 4) is 5.75 Å². The lowest BCUT2D eigenvalue weighted by molar-refractivity contribution is -0.140. The number of hydrogen-bond donors (Lipinski definition) is 0. The predicted octanol–water partition coefficient (Wildman–Crippen LogP) is 3.15. The molecular weight excluding hydrogens is 261 g/mol. The number of rotatable bonds is 4. The molecule has 0 saturated heterocycles. The molecule has 0 unspecified atom stereocenters. The van der Waals surface area contributed by atoms with E-state index in [9.17, 15) is 22.8 Å². The number of ether oxygens (including phenoxy) is 1. The highest BCUT2D eigenvalue weighted by atomic mass is 19.4. The maximum absolute atomic E-state index is 12.8. The third-order valence-corrected chi connectivity index (χ3v) is 2.39. The molecule has 1 aromatic carbocycles. The molecule has 0 aliphatic heterocycles. The second-order valence-corrected chi connectivity index (χ2v) is 4.02. The number of halogens is 3. The van der Waals surface area contributed by atoms with Gasteiger partial charge in [-0.2, -0.15) is 13.2 Å². The van der Waals surface area contributed by atoms with Crippen molar-refractivity contribution in [3.05, 3.63) is 29.3 Å². The van der Waals surface area contributed by atoms with Gasteiger partial charge in [-0.3, -0.25) is 9.59 Å². The molecule has 0 saturated carbocycles. The highest BCUT2D eigenvalue weighted by molar-refractivity contribution is 5.94. The zero-order valence-corrected chi connectivity index (χ0v) is 10.5. The van der Waals surface area contributed by atoms with Crippen molar-refractivity contribution in [1.29, 1.82) is 0 Å². The Bertz CT molecular complexity index is 492. The Morgan fingerprint density at radius 3 is 2.37 bits per heavy atom. The topological polar surface area (TPSA) is 43.4 Å². The molecule has 1 aromatic rings. The molecule has 0 aliphatic carbocycles. The fourth-order valence-electron chi connectivity index (χ4n) is 1.56. The van der Waals surface area contributed by atoms with Gasteiger partial charge in [-0.1, -0.05) is 13.0 Å². The van der Waals surface area contributed by atoms with Crippen LogP contribution in [0.1, 0.15) is 31.4 Å². The SMILES string of the molecule is CCc1ccc(OC(=O)CC(C)=O)cc1C(F)(F)F. The van der Waals surface area contributed by atoms with Crippen LogP contribution in [-0.2, 0) is 22.2 Å². The first kappa shape index (κ1) is 15.2. The van der Waals surface area contributed by atoms with Crippen LogP contribution >= 0.6 is 0 Å². The summed E-state index contributed by atoms with van der Waals surface area (Å²) >= 11 is 0. The summed E-state index contributed by atoms with van der Waals surface area (Å²) in [5.41, 5.74) is -0.706. The first-order valence-corrected chi connectivity index (χ1v) is 5.64. The quantitative estimate of drug-likeness (QED) is 0.481. The Morgan fingerprint density at radius 1 is 1.26 bits per heavy atom. The summed E-state index contributed by atoms with van der Waals surface area (Å²) in [4.78, 5) is 21.9. The van der Waals surface area contributed by atoms with Crippen LogP contribution < -0.4 is 4.74 Å². The predicted molar refractivity (Wildman–Crippen MR) is 61.8 cm³/mol. The summed E-state index contributed by atoms with van der Waals surface area (Å²) in [5, 5.41) is 0. The first-order valence-electron chi connectivity index (χ1n) is 5.64. The van der Waals surface area contributed by atoms with E-state index in [0.29, 0.717) is 0 Å². The number of carbonyl (C=O) groups is 2. The molecule has 0 aromatic heterocycles. The van der Waals surface area contributed by atoms with Gasteiger partial charge in [0, 0.05) is 0 Å². The minimum Gasteiger partial charge on any atom is -0.426 e. The van der Waals surface area contributed by atoms with E-state index in [1.165, 1.54) is 19.1 Å². The second kappa shape index (κ2) is 5.86. The molecular formula is C13H13F3O3. The Balaban J connectivity index is 2.99. The number of carbonyl (C=O) groups excluding carboxylic acids is 2. The van der Waals surface area contributed by atoms with E-state index < -0.39 is 29.9 Å². The third-order valence-electron chi connectivity index (χ3n) is 2.39. The normalized spacial score (nSPS) is 11.2. The largest absolute Gasteiger partial charge is 0.426 e. The van der Waals surface area contributed by atoms with Crippen LogP contribution in [0, 0.1) is 0 Å². The van der Waals surface area contributed by atoms with E-state index in [2.05, 4.69) is 0 Å². The molecule has 0 atom stereocenters. The highest BCUT2D eigenvalue weighted by Crippen LogP contribution is 2.34. The fourth-order valence-corrected chi connectivity index (χ4v) is 1.56. The maximum atomic E-state index is 12.8. The van der Waals surface area contributed by atoms with Crippen LogP contribution in [0.2, 0.25) is 0 Å². The average molecular weight is 274 g/mol. The van der Waals surface area contributed by atoms with Gasteiger partial charge in [-0.15, -0.1) is 0 Å². The molecule has 0 fully saturated rings. The summed E-state index contributed by atoms with van der Waals surface area (Å²) < 4.78 is 43.0. The number of alkyl halides is 3. The monoisotopic (exact) mass is 274 g/mol. The number of aryl methyl sites for hydroxylation is 1. The Labute approximate surface area is 108 Å². The van der Waals surface area contributed by atoms with Crippen molar-refractivity contribution < 1.29 is 27.5 Å². The molecule has 1 rings (SSSR count). The van der Waals surface area contributed by atoms with Crippen LogP contribution in [0.15, 0.2) is 18.2 Å². The number of benzene rings is 1.